The van der Waals surface area contributed by atoms with Gasteiger partial charge in [-0.25, -0.2) is 9.78 Å². The number of nitrogens with one attached hydrogen (secondary N) is 3. The number of aromatic nitrogens is 1. The number of carbonyl (C=O) groups is 2. The Balaban J connectivity index is 1.40. The average Bonchev–Trinajstić information content (AvgIpc) is 3.67. The number of amides is 2. The van der Waals surface area contributed by atoms with Crippen molar-refractivity contribution >= 4 is 34.2 Å². The molecule has 0 bridgehead atoms. The number of aryl methyl sites for hydroxylation is 2. The number of hydrogen-bond acceptors (Lipinski definition) is 7. The minimum Gasteiger partial charge on any atom is -0.496 e. The molecule has 0 unspecified atom stereocenters. The lowest BCUT2D eigenvalue weighted by atomic mass is 10.1. The monoisotopic (exact) mass is 542 g/mol. The summed E-state index contributed by atoms with van der Waals surface area (Å²) in [5.41, 5.74) is 5.51. The zero-order chi connectivity index (χ0) is 27.4. The third-order valence-electron chi connectivity index (χ3n) is 6.38. The lowest BCUT2D eigenvalue weighted by Crippen LogP contribution is -2.26. The van der Waals surface area contributed by atoms with E-state index in [-0.39, 0.29) is 11.9 Å². The van der Waals surface area contributed by atoms with Gasteiger partial charge >= 0.3 is 6.09 Å². The molecule has 0 saturated heterocycles. The predicted molar refractivity (Wildman–Crippen MR) is 153 cm³/mol. The molecule has 1 aliphatic rings. The molecule has 4 aromatic rings. The van der Waals surface area contributed by atoms with Gasteiger partial charge in [-0.3, -0.25) is 4.79 Å². The molecule has 2 amide bonds. The summed E-state index contributed by atoms with van der Waals surface area (Å²) in [4.78, 5) is 30.1. The van der Waals surface area contributed by atoms with E-state index in [0.29, 0.717) is 28.0 Å². The van der Waals surface area contributed by atoms with Crippen molar-refractivity contribution in [3.63, 3.8) is 0 Å². The van der Waals surface area contributed by atoms with Gasteiger partial charge in [0.1, 0.15) is 11.4 Å². The number of nitrogens with zero attached hydrogens (tertiary/aromatic N) is 1. The van der Waals surface area contributed by atoms with Crippen LogP contribution in [-0.4, -0.2) is 30.1 Å². The Bertz CT molecular complexity index is 1500. The van der Waals surface area contributed by atoms with Crippen LogP contribution >= 0.6 is 11.3 Å². The highest BCUT2D eigenvalue weighted by atomic mass is 32.1. The Morgan fingerprint density at radius 3 is 2.51 bits per heavy atom. The summed E-state index contributed by atoms with van der Waals surface area (Å²) in [5.74, 6) is 0.667. The van der Waals surface area contributed by atoms with Gasteiger partial charge in [-0.1, -0.05) is 47.7 Å². The highest BCUT2D eigenvalue weighted by molar-refractivity contribution is 7.18. The molecular weight excluding hydrogens is 512 g/mol. The SMILES string of the molecule is COc1ccc(-c2nc(Nc3cc(C(=O)NC4CC4)ccc3C)sc2OC(=O)NCc2ccccc2)cc1C. The molecule has 1 aromatic heterocycles. The van der Waals surface area contributed by atoms with Crippen molar-refractivity contribution in [1.29, 1.82) is 0 Å². The highest BCUT2D eigenvalue weighted by Gasteiger charge is 2.24. The fraction of sp³-hybridized carbons (Fsp3) is 0.233. The minimum atomic E-state index is -0.574. The smallest absolute Gasteiger partial charge is 0.413 e. The molecule has 1 saturated carbocycles. The Morgan fingerprint density at radius 1 is 1.00 bits per heavy atom. The van der Waals surface area contributed by atoms with Crippen molar-refractivity contribution in [1.82, 2.24) is 15.6 Å². The van der Waals surface area contributed by atoms with Crippen LogP contribution in [0.25, 0.3) is 11.3 Å². The van der Waals surface area contributed by atoms with Crippen molar-refractivity contribution in [2.24, 2.45) is 0 Å². The molecule has 200 valence electrons. The first-order valence-electron chi connectivity index (χ1n) is 12.7. The summed E-state index contributed by atoms with van der Waals surface area (Å²) < 4.78 is 11.2. The second-order valence-electron chi connectivity index (χ2n) is 9.47. The molecule has 0 radical (unpaired) electrons. The van der Waals surface area contributed by atoms with Crippen LogP contribution < -0.4 is 25.4 Å². The number of hydrogen-bond donors (Lipinski definition) is 3. The zero-order valence-corrected chi connectivity index (χ0v) is 22.9. The van der Waals surface area contributed by atoms with E-state index in [1.165, 1.54) is 11.3 Å². The van der Waals surface area contributed by atoms with Crippen LogP contribution in [0.3, 0.4) is 0 Å². The fourth-order valence-electron chi connectivity index (χ4n) is 4.04. The fourth-order valence-corrected chi connectivity index (χ4v) is 4.89. The molecule has 9 heteroatoms. The van der Waals surface area contributed by atoms with Crippen LogP contribution in [0, 0.1) is 13.8 Å². The van der Waals surface area contributed by atoms with Crippen molar-refractivity contribution < 1.29 is 19.1 Å². The van der Waals surface area contributed by atoms with Gasteiger partial charge in [0.25, 0.3) is 5.91 Å². The first kappa shape index (κ1) is 26.2. The summed E-state index contributed by atoms with van der Waals surface area (Å²) in [5, 5.41) is 10.0. The van der Waals surface area contributed by atoms with Crippen molar-refractivity contribution in [2.45, 2.75) is 39.3 Å². The van der Waals surface area contributed by atoms with Crippen molar-refractivity contribution in [3.8, 4) is 22.1 Å². The summed E-state index contributed by atoms with van der Waals surface area (Å²) in [7, 11) is 1.62. The Labute approximate surface area is 231 Å². The maximum Gasteiger partial charge on any atom is 0.413 e. The number of rotatable bonds is 9. The maximum atomic E-state index is 12.7. The van der Waals surface area contributed by atoms with Gasteiger partial charge in [-0.15, -0.1) is 0 Å². The van der Waals surface area contributed by atoms with E-state index in [9.17, 15) is 9.59 Å². The summed E-state index contributed by atoms with van der Waals surface area (Å²) in [6.07, 6.45) is 1.48. The number of ether oxygens (including phenoxy) is 2. The van der Waals surface area contributed by atoms with Gasteiger partial charge in [0.05, 0.1) is 7.11 Å². The third-order valence-corrected chi connectivity index (χ3v) is 7.23. The van der Waals surface area contributed by atoms with Gasteiger partial charge in [0, 0.05) is 29.4 Å². The summed E-state index contributed by atoms with van der Waals surface area (Å²) in [6, 6.07) is 21.1. The van der Waals surface area contributed by atoms with Gasteiger partial charge in [-0.2, -0.15) is 0 Å². The molecule has 0 atom stereocenters. The lowest BCUT2D eigenvalue weighted by molar-refractivity contribution is 0.0951. The lowest BCUT2D eigenvalue weighted by Gasteiger charge is -2.10. The van der Waals surface area contributed by atoms with Crippen LogP contribution in [0.5, 0.6) is 10.8 Å². The highest BCUT2D eigenvalue weighted by Crippen LogP contribution is 2.40. The van der Waals surface area contributed by atoms with E-state index in [4.69, 9.17) is 14.5 Å². The van der Waals surface area contributed by atoms with Gasteiger partial charge in [0.2, 0.25) is 5.06 Å². The third kappa shape index (κ3) is 6.56. The van der Waals surface area contributed by atoms with Crippen LogP contribution in [0.4, 0.5) is 15.6 Å². The van der Waals surface area contributed by atoms with E-state index in [2.05, 4.69) is 16.0 Å². The topological polar surface area (TPSA) is 102 Å². The quantitative estimate of drug-likeness (QED) is 0.228. The van der Waals surface area contributed by atoms with E-state index in [1.54, 1.807) is 7.11 Å². The van der Waals surface area contributed by atoms with Crippen molar-refractivity contribution in [2.75, 3.05) is 12.4 Å². The van der Waals surface area contributed by atoms with Gasteiger partial charge in [0.15, 0.2) is 5.13 Å². The number of methoxy groups -OCH3 is 1. The molecule has 1 fully saturated rings. The summed E-state index contributed by atoms with van der Waals surface area (Å²) in [6.45, 7) is 4.25. The number of thiazole rings is 1. The van der Waals surface area contributed by atoms with Crippen LogP contribution in [0.2, 0.25) is 0 Å². The molecule has 8 nitrogen and oxygen atoms in total. The first-order chi connectivity index (χ1) is 18.9. The van der Waals surface area contributed by atoms with E-state index >= 15 is 0 Å². The van der Waals surface area contributed by atoms with E-state index in [1.807, 2.05) is 80.6 Å². The largest absolute Gasteiger partial charge is 0.496 e. The maximum absolute atomic E-state index is 12.7. The Hall–Kier alpha value is -4.37. The number of benzene rings is 3. The molecule has 0 spiro atoms. The molecule has 0 aliphatic heterocycles. The molecule has 1 heterocycles. The van der Waals surface area contributed by atoms with E-state index in [0.717, 1.165) is 46.5 Å². The average molecular weight is 543 g/mol. The molecule has 3 N–H and O–H groups in total. The normalized spacial score (nSPS) is 12.5. The Kier molecular flexibility index (Phi) is 7.79. The molecule has 3 aromatic carbocycles. The molecule has 1 aliphatic carbocycles. The zero-order valence-electron chi connectivity index (χ0n) is 22.0. The van der Waals surface area contributed by atoms with E-state index < -0.39 is 6.09 Å². The van der Waals surface area contributed by atoms with Crippen LogP contribution in [0.15, 0.2) is 66.7 Å². The number of anilines is 2. The van der Waals surface area contributed by atoms with Gasteiger partial charge < -0.3 is 25.4 Å². The molecular formula is C30H30N4O4S. The molecule has 39 heavy (non-hydrogen) atoms. The van der Waals surface area contributed by atoms with Crippen LogP contribution in [0.1, 0.15) is 39.9 Å². The first-order valence-corrected chi connectivity index (χ1v) is 13.5. The van der Waals surface area contributed by atoms with Crippen molar-refractivity contribution in [3.05, 3.63) is 89.0 Å². The molecule has 5 rings (SSSR count). The summed E-state index contributed by atoms with van der Waals surface area (Å²) >= 11 is 1.22. The van der Waals surface area contributed by atoms with Gasteiger partial charge in [-0.05, 0) is 73.7 Å². The van der Waals surface area contributed by atoms with Crippen LogP contribution in [-0.2, 0) is 6.54 Å². The predicted octanol–water partition coefficient (Wildman–Crippen LogP) is 6.36. The second-order valence-corrected chi connectivity index (χ2v) is 10.4. The Morgan fingerprint density at radius 2 is 1.79 bits per heavy atom. The second kappa shape index (κ2) is 11.6. The standard InChI is InChI=1S/C30H30N4O4S/c1-18-9-10-22(27(35)32-23-12-13-23)16-24(18)33-29-34-26(21-11-14-25(37-3)19(2)15-21)28(39-29)38-30(36)31-17-20-7-5-4-6-8-20/h4-11,14-16,23H,12-13,17H2,1-3H3,(H,31,36)(H,32,35)(H,33,34). The number of carbonyl (C=O) groups excluding carboxylic acids is 2. The minimum absolute atomic E-state index is 0.0896.